The lowest BCUT2D eigenvalue weighted by atomic mass is 10.00. The predicted molar refractivity (Wildman–Crippen MR) is 65.1 cm³/mol. The van der Waals surface area contributed by atoms with E-state index in [9.17, 15) is 8.42 Å². The summed E-state index contributed by atoms with van der Waals surface area (Å²) in [5, 5.41) is 8.78. The molecular weight excluding hydrogens is 224 g/mol. The van der Waals surface area contributed by atoms with Gasteiger partial charge in [-0.25, -0.2) is 8.42 Å². The van der Waals surface area contributed by atoms with Crippen LogP contribution in [0.1, 0.15) is 25.0 Å². The van der Waals surface area contributed by atoms with Crippen molar-refractivity contribution in [2.45, 2.75) is 25.0 Å². The van der Waals surface area contributed by atoms with Crippen LogP contribution in [0.4, 0.5) is 0 Å². The summed E-state index contributed by atoms with van der Waals surface area (Å²) in [6.07, 6.45) is 1.84. The SMILES string of the molecule is CC(C)(c1ccc(CCO)cc1)S(C)(=O)=O. The van der Waals surface area contributed by atoms with Crippen LogP contribution in [0, 0.1) is 0 Å². The Bertz CT molecular complexity index is 444. The van der Waals surface area contributed by atoms with E-state index >= 15 is 0 Å². The Kier molecular flexibility index (Phi) is 3.76. The van der Waals surface area contributed by atoms with Crippen molar-refractivity contribution in [1.29, 1.82) is 0 Å². The van der Waals surface area contributed by atoms with Crippen LogP contribution in [0.3, 0.4) is 0 Å². The number of rotatable bonds is 4. The zero-order valence-electron chi connectivity index (χ0n) is 9.90. The highest BCUT2D eigenvalue weighted by atomic mass is 32.2. The highest BCUT2D eigenvalue weighted by Gasteiger charge is 2.31. The molecule has 0 aliphatic heterocycles. The molecule has 4 heteroatoms. The third kappa shape index (κ3) is 2.62. The minimum Gasteiger partial charge on any atom is -0.396 e. The molecule has 0 saturated carbocycles. The van der Waals surface area contributed by atoms with Gasteiger partial charge in [0.2, 0.25) is 0 Å². The van der Waals surface area contributed by atoms with Gasteiger partial charge >= 0.3 is 0 Å². The molecule has 0 heterocycles. The van der Waals surface area contributed by atoms with Crippen LogP contribution in [0.2, 0.25) is 0 Å². The van der Waals surface area contributed by atoms with E-state index in [-0.39, 0.29) is 6.61 Å². The Labute approximate surface area is 97.0 Å². The second-order valence-corrected chi connectivity index (χ2v) is 7.02. The lowest BCUT2D eigenvalue weighted by molar-refractivity contribution is 0.299. The Hall–Kier alpha value is -0.870. The highest BCUT2D eigenvalue weighted by Crippen LogP contribution is 2.28. The van der Waals surface area contributed by atoms with Gasteiger partial charge in [-0.3, -0.25) is 0 Å². The van der Waals surface area contributed by atoms with Crippen molar-refractivity contribution >= 4 is 9.84 Å². The smallest absolute Gasteiger partial charge is 0.156 e. The fraction of sp³-hybridized carbons (Fsp3) is 0.500. The first-order chi connectivity index (χ1) is 7.29. The first-order valence-corrected chi connectivity index (χ1v) is 7.08. The fourth-order valence-electron chi connectivity index (χ4n) is 1.42. The largest absolute Gasteiger partial charge is 0.396 e. The summed E-state index contributed by atoms with van der Waals surface area (Å²) < 4.78 is 22.4. The predicted octanol–water partition coefficient (Wildman–Crippen LogP) is 1.50. The van der Waals surface area contributed by atoms with E-state index < -0.39 is 14.6 Å². The second kappa shape index (κ2) is 4.55. The maximum Gasteiger partial charge on any atom is 0.156 e. The third-order valence-electron chi connectivity index (χ3n) is 2.98. The lowest BCUT2D eigenvalue weighted by Gasteiger charge is -2.23. The van der Waals surface area contributed by atoms with Crippen molar-refractivity contribution in [3.63, 3.8) is 0 Å². The first-order valence-electron chi connectivity index (χ1n) is 5.19. The van der Waals surface area contributed by atoms with E-state index in [1.54, 1.807) is 13.8 Å². The normalized spacial score (nSPS) is 12.8. The average Bonchev–Trinajstić information content (AvgIpc) is 2.17. The lowest BCUT2D eigenvalue weighted by Crippen LogP contribution is -2.27. The van der Waals surface area contributed by atoms with Gasteiger partial charge in [0.1, 0.15) is 0 Å². The molecule has 0 amide bonds. The quantitative estimate of drug-likeness (QED) is 0.870. The zero-order chi connectivity index (χ0) is 12.4. The zero-order valence-corrected chi connectivity index (χ0v) is 10.7. The number of aliphatic hydroxyl groups is 1. The van der Waals surface area contributed by atoms with Crippen molar-refractivity contribution in [3.05, 3.63) is 35.4 Å². The summed E-state index contributed by atoms with van der Waals surface area (Å²) >= 11 is 0. The average molecular weight is 242 g/mol. The van der Waals surface area contributed by atoms with E-state index in [4.69, 9.17) is 5.11 Å². The Morgan fingerprint density at radius 3 is 2.06 bits per heavy atom. The van der Waals surface area contributed by atoms with Crippen molar-refractivity contribution in [1.82, 2.24) is 0 Å². The van der Waals surface area contributed by atoms with Crippen LogP contribution in [0.25, 0.3) is 0 Å². The first kappa shape index (κ1) is 13.2. The van der Waals surface area contributed by atoms with E-state index in [0.29, 0.717) is 6.42 Å². The summed E-state index contributed by atoms with van der Waals surface area (Å²) in [5.74, 6) is 0. The van der Waals surface area contributed by atoms with Gasteiger partial charge < -0.3 is 5.11 Å². The maximum absolute atomic E-state index is 11.6. The molecule has 0 radical (unpaired) electrons. The molecule has 1 aromatic carbocycles. The number of benzene rings is 1. The van der Waals surface area contributed by atoms with Crippen molar-refractivity contribution < 1.29 is 13.5 Å². The molecule has 0 fully saturated rings. The van der Waals surface area contributed by atoms with Crippen molar-refractivity contribution in [2.75, 3.05) is 12.9 Å². The van der Waals surface area contributed by atoms with E-state index in [2.05, 4.69) is 0 Å². The van der Waals surface area contributed by atoms with E-state index in [1.165, 1.54) is 6.26 Å². The van der Waals surface area contributed by atoms with Gasteiger partial charge in [-0.1, -0.05) is 24.3 Å². The van der Waals surface area contributed by atoms with Gasteiger partial charge in [0.25, 0.3) is 0 Å². The molecule has 1 N–H and O–H groups in total. The molecule has 0 unspecified atom stereocenters. The van der Waals surface area contributed by atoms with Gasteiger partial charge in [0.15, 0.2) is 9.84 Å². The van der Waals surface area contributed by atoms with Gasteiger partial charge in [-0.2, -0.15) is 0 Å². The highest BCUT2D eigenvalue weighted by molar-refractivity contribution is 7.91. The number of hydrogen-bond donors (Lipinski definition) is 1. The molecule has 1 aromatic rings. The summed E-state index contributed by atoms with van der Waals surface area (Å²) in [7, 11) is -3.13. The van der Waals surface area contributed by atoms with Crippen LogP contribution >= 0.6 is 0 Å². The van der Waals surface area contributed by atoms with Crippen molar-refractivity contribution in [3.8, 4) is 0 Å². The number of sulfone groups is 1. The van der Waals surface area contributed by atoms with Crippen LogP contribution < -0.4 is 0 Å². The molecule has 1 rings (SSSR count). The van der Waals surface area contributed by atoms with Crippen molar-refractivity contribution in [2.24, 2.45) is 0 Å². The summed E-state index contributed by atoms with van der Waals surface area (Å²) in [6, 6.07) is 7.34. The molecule has 0 saturated heterocycles. The Morgan fingerprint density at radius 1 is 1.19 bits per heavy atom. The maximum atomic E-state index is 11.6. The molecular formula is C12H18O3S. The van der Waals surface area contributed by atoms with E-state index in [0.717, 1.165) is 11.1 Å². The minimum atomic E-state index is -3.13. The Morgan fingerprint density at radius 2 is 1.69 bits per heavy atom. The topological polar surface area (TPSA) is 54.4 Å². The van der Waals surface area contributed by atoms with Gasteiger partial charge in [0.05, 0.1) is 4.75 Å². The molecule has 0 bridgehead atoms. The molecule has 0 aliphatic carbocycles. The molecule has 3 nitrogen and oxygen atoms in total. The monoisotopic (exact) mass is 242 g/mol. The minimum absolute atomic E-state index is 0.106. The third-order valence-corrected chi connectivity index (χ3v) is 5.07. The molecule has 0 spiro atoms. The molecule has 0 aromatic heterocycles. The Balaban J connectivity index is 3.07. The second-order valence-electron chi connectivity index (χ2n) is 4.45. The molecule has 0 atom stereocenters. The van der Waals surface area contributed by atoms with Gasteiger partial charge in [-0.05, 0) is 31.4 Å². The number of hydrogen-bond acceptors (Lipinski definition) is 3. The molecule has 0 aliphatic rings. The van der Waals surface area contributed by atoms with Crippen LogP contribution in [0.5, 0.6) is 0 Å². The standard InChI is InChI=1S/C12H18O3S/c1-12(2,16(3,14)15)11-6-4-10(5-7-11)8-9-13/h4-7,13H,8-9H2,1-3H3. The number of aliphatic hydroxyl groups excluding tert-OH is 1. The van der Waals surface area contributed by atoms with Gasteiger partial charge in [-0.15, -0.1) is 0 Å². The summed E-state index contributed by atoms with van der Waals surface area (Å²) in [4.78, 5) is 0. The summed E-state index contributed by atoms with van der Waals surface area (Å²) in [5.41, 5.74) is 1.78. The summed E-state index contributed by atoms with van der Waals surface area (Å²) in [6.45, 7) is 3.50. The fourth-order valence-corrected chi connectivity index (χ4v) is 1.98. The molecule has 16 heavy (non-hydrogen) atoms. The molecule has 90 valence electrons. The van der Waals surface area contributed by atoms with Crippen LogP contribution in [-0.4, -0.2) is 26.4 Å². The van der Waals surface area contributed by atoms with Crippen LogP contribution in [0.15, 0.2) is 24.3 Å². The van der Waals surface area contributed by atoms with Crippen LogP contribution in [-0.2, 0) is 21.0 Å². The van der Waals surface area contributed by atoms with E-state index in [1.807, 2.05) is 24.3 Å². The van der Waals surface area contributed by atoms with Gasteiger partial charge in [0, 0.05) is 12.9 Å².